The van der Waals surface area contributed by atoms with Crippen LogP contribution >= 0.6 is 0 Å². The summed E-state index contributed by atoms with van der Waals surface area (Å²) in [6.07, 6.45) is 8.60. The van der Waals surface area contributed by atoms with Crippen LogP contribution < -0.4 is 5.32 Å². The molecule has 0 unspecified atom stereocenters. The minimum atomic E-state index is 0.139. The minimum absolute atomic E-state index is 0.139. The molecule has 0 radical (unpaired) electrons. The van der Waals surface area contributed by atoms with E-state index < -0.39 is 0 Å². The molecule has 0 saturated carbocycles. The van der Waals surface area contributed by atoms with E-state index in [1.165, 1.54) is 5.56 Å². The summed E-state index contributed by atoms with van der Waals surface area (Å²) in [7, 11) is 0. The number of nitrogens with one attached hydrogen (secondary N) is 1. The van der Waals surface area contributed by atoms with E-state index in [1.807, 2.05) is 18.5 Å². The van der Waals surface area contributed by atoms with Crippen molar-refractivity contribution in [1.29, 1.82) is 0 Å². The van der Waals surface area contributed by atoms with Crippen molar-refractivity contribution in [3.63, 3.8) is 0 Å². The second-order valence-electron chi connectivity index (χ2n) is 7.55. The molecule has 1 saturated heterocycles. The van der Waals surface area contributed by atoms with Gasteiger partial charge in [0.1, 0.15) is 5.65 Å². The average molecular weight is 388 g/mol. The second kappa shape index (κ2) is 7.42. The van der Waals surface area contributed by atoms with Crippen LogP contribution in [-0.4, -0.2) is 49.9 Å². The van der Waals surface area contributed by atoms with Crippen LogP contribution in [0.3, 0.4) is 0 Å². The van der Waals surface area contributed by atoms with Gasteiger partial charge in [-0.15, -0.1) is 0 Å². The Morgan fingerprint density at radius 3 is 2.93 bits per heavy atom. The third-order valence-corrected chi connectivity index (χ3v) is 5.40. The number of pyridine rings is 2. The molecule has 7 heteroatoms. The molecular weight excluding hydrogens is 364 g/mol. The SMILES string of the molecule is Cc1ccn2c(C[C@H]3CNCCO3)c(-c3cnc(-n4cccn4)cc3C)nc2c1. The van der Waals surface area contributed by atoms with Crippen molar-refractivity contribution in [3.8, 4) is 17.1 Å². The topological polar surface area (TPSA) is 69.3 Å². The first-order valence-electron chi connectivity index (χ1n) is 9.96. The molecule has 1 atom stereocenters. The molecule has 1 N–H and O–H groups in total. The maximum atomic E-state index is 5.98. The van der Waals surface area contributed by atoms with Gasteiger partial charge in [0.05, 0.1) is 24.1 Å². The largest absolute Gasteiger partial charge is 0.375 e. The predicted molar refractivity (Wildman–Crippen MR) is 111 cm³/mol. The molecule has 29 heavy (non-hydrogen) atoms. The van der Waals surface area contributed by atoms with Crippen LogP contribution in [0.4, 0.5) is 0 Å². The molecule has 0 amide bonds. The molecular formula is C22H24N6O. The van der Waals surface area contributed by atoms with Gasteiger partial charge >= 0.3 is 0 Å². The van der Waals surface area contributed by atoms with Gasteiger partial charge in [-0.05, 0) is 49.2 Å². The van der Waals surface area contributed by atoms with Gasteiger partial charge in [0.15, 0.2) is 5.82 Å². The van der Waals surface area contributed by atoms with Gasteiger partial charge in [-0.3, -0.25) is 0 Å². The van der Waals surface area contributed by atoms with Crippen molar-refractivity contribution in [3.05, 3.63) is 65.9 Å². The maximum Gasteiger partial charge on any atom is 0.153 e. The Hall–Kier alpha value is -3.03. The average Bonchev–Trinajstić information content (AvgIpc) is 3.37. The summed E-state index contributed by atoms with van der Waals surface area (Å²) in [5, 5.41) is 7.70. The Labute approximate surface area is 169 Å². The van der Waals surface area contributed by atoms with Crippen molar-refractivity contribution in [2.75, 3.05) is 19.7 Å². The number of ether oxygens (including phenoxy) is 1. The van der Waals surface area contributed by atoms with E-state index in [2.05, 4.69) is 58.0 Å². The molecule has 4 aromatic heterocycles. The third-order valence-electron chi connectivity index (χ3n) is 5.40. The summed E-state index contributed by atoms with van der Waals surface area (Å²) in [5.41, 5.74) is 6.44. The van der Waals surface area contributed by atoms with Gasteiger partial charge in [-0.25, -0.2) is 14.6 Å². The summed E-state index contributed by atoms with van der Waals surface area (Å²) in [6.45, 7) is 6.70. The smallest absolute Gasteiger partial charge is 0.153 e. The normalized spacial score (nSPS) is 17.1. The van der Waals surface area contributed by atoms with Gasteiger partial charge in [0.25, 0.3) is 0 Å². The Bertz CT molecular complexity index is 1140. The molecule has 0 aromatic carbocycles. The maximum absolute atomic E-state index is 5.98. The lowest BCUT2D eigenvalue weighted by Crippen LogP contribution is -2.39. The van der Waals surface area contributed by atoms with Crippen molar-refractivity contribution in [2.24, 2.45) is 0 Å². The Balaban J connectivity index is 1.60. The lowest BCUT2D eigenvalue weighted by molar-refractivity contribution is 0.0286. The summed E-state index contributed by atoms with van der Waals surface area (Å²) in [5.74, 6) is 0.803. The first-order chi connectivity index (χ1) is 14.2. The van der Waals surface area contributed by atoms with Crippen LogP contribution in [0.25, 0.3) is 22.7 Å². The molecule has 7 nitrogen and oxygen atoms in total. The quantitative estimate of drug-likeness (QED) is 0.582. The van der Waals surface area contributed by atoms with Gasteiger partial charge in [-0.2, -0.15) is 5.10 Å². The lowest BCUT2D eigenvalue weighted by atomic mass is 10.0. The lowest BCUT2D eigenvalue weighted by Gasteiger charge is -2.24. The van der Waals surface area contributed by atoms with Crippen LogP contribution in [0.2, 0.25) is 0 Å². The zero-order valence-electron chi connectivity index (χ0n) is 16.7. The number of aromatic nitrogens is 5. The van der Waals surface area contributed by atoms with Gasteiger partial charge in [0.2, 0.25) is 0 Å². The highest BCUT2D eigenvalue weighted by Crippen LogP contribution is 2.29. The predicted octanol–water partition coefficient (Wildman–Crippen LogP) is 2.73. The molecule has 1 fully saturated rings. The summed E-state index contributed by atoms with van der Waals surface area (Å²) < 4.78 is 9.93. The van der Waals surface area contributed by atoms with Gasteiger partial charge < -0.3 is 14.5 Å². The molecule has 0 spiro atoms. The Kier molecular flexibility index (Phi) is 4.61. The highest BCUT2D eigenvalue weighted by molar-refractivity contribution is 5.70. The van der Waals surface area contributed by atoms with E-state index >= 15 is 0 Å². The van der Waals surface area contributed by atoms with E-state index in [1.54, 1.807) is 10.9 Å². The molecule has 5 heterocycles. The second-order valence-corrected chi connectivity index (χ2v) is 7.55. The Morgan fingerprint density at radius 1 is 1.24 bits per heavy atom. The van der Waals surface area contributed by atoms with Crippen molar-refractivity contribution >= 4 is 5.65 Å². The zero-order valence-corrected chi connectivity index (χ0v) is 16.7. The number of nitrogens with zero attached hydrogens (tertiary/aromatic N) is 5. The zero-order chi connectivity index (χ0) is 19.8. The minimum Gasteiger partial charge on any atom is -0.375 e. The van der Waals surface area contributed by atoms with Crippen molar-refractivity contribution in [2.45, 2.75) is 26.4 Å². The first kappa shape index (κ1) is 18.0. The standard InChI is InChI=1S/C22H24N6O/c1-15-4-8-27-19(12-17-13-23-6-9-29-17)22(26-21(27)10-15)18-14-24-20(11-16(18)2)28-7-3-5-25-28/h3-5,7-8,10-11,14,17,23H,6,9,12-13H2,1-2H3/t17-/m0/s1. The third kappa shape index (κ3) is 3.43. The van der Waals surface area contributed by atoms with Crippen LogP contribution in [-0.2, 0) is 11.2 Å². The molecule has 4 aromatic rings. The van der Waals surface area contributed by atoms with Crippen LogP contribution in [0.1, 0.15) is 16.8 Å². The molecule has 0 bridgehead atoms. The number of hydrogen-bond acceptors (Lipinski definition) is 5. The fraction of sp³-hybridized carbons (Fsp3) is 0.318. The highest BCUT2D eigenvalue weighted by atomic mass is 16.5. The van der Waals surface area contributed by atoms with E-state index in [0.717, 1.165) is 60.1 Å². The summed E-state index contributed by atoms with van der Waals surface area (Å²) in [6, 6.07) is 8.19. The Morgan fingerprint density at radius 2 is 2.17 bits per heavy atom. The number of rotatable bonds is 4. The van der Waals surface area contributed by atoms with Crippen LogP contribution in [0.5, 0.6) is 0 Å². The molecule has 5 rings (SSSR count). The number of hydrogen-bond donors (Lipinski definition) is 1. The summed E-state index contributed by atoms with van der Waals surface area (Å²) in [4.78, 5) is 9.63. The van der Waals surface area contributed by atoms with E-state index in [-0.39, 0.29) is 6.10 Å². The van der Waals surface area contributed by atoms with Crippen molar-refractivity contribution < 1.29 is 4.74 Å². The van der Waals surface area contributed by atoms with Crippen LogP contribution in [0, 0.1) is 13.8 Å². The number of morpholine rings is 1. The van der Waals surface area contributed by atoms with Gasteiger partial charge in [0, 0.05) is 49.9 Å². The molecule has 148 valence electrons. The van der Waals surface area contributed by atoms with E-state index in [9.17, 15) is 0 Å². The fourth-order valence-electron chi connectivity index (χ4n) is 3.89. The van der Waals surface area contributed by atoms with Crippen LogP contribution in [0.15, 0.2) is 49.1 Å². The molecule has 1 aliphatic heterocycles. The monoisotopic (exact) mass is 388 g/mol. The van der Waals surface area contributed by atoms with E-state index in [4.69, 9.17) is 9.72 Å². The summed E-state index contributed by atoms with van der Waals surface area (Å²) >= 11 is 0. The molecule has 1 aliphatic rings. The highest BCUT2D eigenvalue weighted by Gasteiger charge is 2.22. The van der Waals surface area contributed by atoms with Crippen molar-refractivity contribution in [1.82, 2.24) is 29.5 Å². The first-order valence-corrected chi connectivity index (χ1v) is 9.96. The number of aryl methyl sites for hydroxylation is 2. The van der Waals surface area contributed by atoms with Gasteiger partial charge in [-0.1, -0.05) is 0 Å². The van der Waals surface area contributed by atoms with E-state index in [0.29, 0.717) is 0 Å². The molecule has 0 aliphatic carbocycles. The fourth-order valence-corrected chi connectivity index (χ4v) is 3.89. The number of imidazole rings is 1. The number of fused-ring (bicyclic) bond motifs is 1.